The minimum atomic E-state index is 0.0336. The van der Waals surface area contributed by atoms with E-state index in [-0.39, 0.29) is 5.78 Å². The first-order chi connectivity index (χ1) is 6.43. The van der Waals surface area contributed by atoms with Gasteiger partial charge in [-0.3, -0.25) is 4.79 Å². The fraction of sp³-hybridized carbons (Fsp3) is 0.636. The average Bonchev–Trinajstić information content (AvgIpc) is 2.47. The van der Waals surface area contributed by atoms with Gasteiger partial charge in [0, 0.05) is 25.1 Å². The molecule has 0 aliphatic carbocycles. The molecule has 0 unspecified atom stereocenters. The van der Waals surface area contributed by atoms with Crippen LogP contribution in [0.2, 0.25) is 0 Å². The molecule has 0 spiro atoms. The zero-order valence-electron chi connectivity index (χ0n) is 9.53. The second kappa shape index (κ2) is 3.95. The Morgan fingerprint density at radius 3 is 2.21 bits per heavy atom. The summed E-state index contributed by atoms with van der Waals surface area (Å²) in [4.78, 5) is 15.5. The highest BCUT2D eigenvalue weighted by Gasteiger charge is 2.15. The Balaban J connectivity index is 3.19. The van der Waals surface area contributed by atoms with Gasteiger partial charge in [0.25, 0.3) is 0 Å². The molecule has 0 saturated carbocycles. The lowest BCUT2D eigenvalue weighted by Crippen LogP contribution is -2.06. The van der Waals surface area contributed by atoms with Crippen molar-refractivity contribution in [3.05, 3.63) is 17.7 Å². The predicted octanol–water partition coefficient (Wildman–Crippen LogP) is 2.79. The van der Waals surface area contributed by atoms with Gasteiger partial charge < -0.3 is 4.57 Å². The molecule has 1 aromatic heterocycles. The van der Waals surface area contributed by atoms with E-state index in [9.17, 15) is 4.79 Å². The van der Waals surface area contributed by atoms with Crippen LogP contribution in [0.5, 0.6) is 0 Å². The molecule has 78 valence electrons. The lowest BCUT2D eigenvalue weighted by molar-refractivity contribution is 0.101. The highest BCUT2D eigenvalue weighted by Crippen LogP contribution is 2.18. The van der Waals surface area contributed by atoms with E-state index in [0.717, 1.165) is 5.82 Å². The molecule has 3 heteroatoms. The van der Waals surface area contributed by atoms with Gasteiger partial charge in [0.05, 0.1) is 0 Å². The van der Waals surface area contributed by atoms with Gasteiger partial charge in [-0.15, -0.1) is 0 Å². The van der Waals surface area contributed by atoms with Crippen molar-refractivity contribution in [2.75, 3.05) is 0 Å². The number of rotatable bonds is 3. The summed E-state index contributed by atoms with van der Waals surface area (Å²) >= 11 is 0. The summed E-state index contributed by atoms with van der Waals surface area (Å²) in [6.45, 7) is 9.92. The maximum atomic E-state index is 11.2. The summed E-state index contributed by atoms with van der Waals surface area (Å²) in [5, 5.41) is 0. The van der Waals surface area contributed by atoms with Crippen LogP contribution >= 0.6 is 0 Å². The summed E-state index contributed by atoms with van der Waals surface area (Å²) < 4.78 is 2.07. The molecule has 1 rings (SSSR count). The Kier molecular flexibility index (Phi) is 3.09. The number of ketones is 1. The van der Waals surface area contributed by atoms with E-state index < -0.39 is 0 Å². The predicted molar refractivity (Wildman–Crippen MR) is 56.7 cm³/mol. The number of imidazole rings is 1. The monoisotopic (exact) mass is 194 g/mol. The van der Waals surface area contributed by atoms with Crippen LogP contribution in [0.1, 0.15) is 62.9 Å². The van der Waals surface area contributed by atoms with Crippen LogP contribution < -0.4 is 0 Å². The molecule has 0 amide bonds. The SMILES string of the molecule is CC(=O)c1cn(C(C)C)c(C(C)C)n1. The van der Waals surface area contributed by atoms with Gasteiger partial charge in [-0.2, -0.15) is 0 Å². The van der Waals surface area contributed by atoms with E-state index in [4.69, 9.17) is 0 Å². The summed E-state index contributed by atoms with van der Waals surface area (Å²) in [6.07, 6.45) is 1.85. The zero-order chi connectivity index (χ0) is 10.9. The van der Waals surface area contributed by atoms with E-state index in [1.165, 1.54) is 0 Å². The Labute approximate surface area is 85.2 Å². The van der Waals surface area contributed by atoms with Gasteiger partial charge in [0.1, 0.15) is 11.5 Å². The molecule has 0 fully saturated rings. The average molecular weight is 194 g/mol. The van der Waals surface area contributed by atoms with Crippen molar-refractivity contribution in [1.29, 1.82) is 0 Å². The van der Waals surface area contributed by atoms with Crippen LogP contribution in [0.15, 0.2) is 6.20 Å². The first-order valence-corrected chi connectivity index (χ1v) is 5.03. The van der Waals surface area contributed by atoms with Gasteiger partial charge in [0.15, 0.2) is 5.78 Å². The van der Waals surface area contributed by atoms with E-state index >= 15 is 0 Å². The van der Waals surface area contributed by atoms with Gasteiger partial charge >= 0.3 is 0 Å². The molecule has 0 saturated heterocycles. The largest absolute Gasteiger partial charge is 0.331 e. The second-order valence-electron chi connectivity index (χ2n) is 4.20. The van der Waals surface area contributed by atoms with Gasteiger partial charge in [0.2, 0.25) is 0 Å². The van der Waals surface area contributed by atoms with Crippen molar-refractivity contribution >= 4 is 5.78 Å². The molecule has 3 nitrogen and oxygen atoms in total. The smallest absolute Gasteiger partial charge is 0.179 e. The molecule has 0 aliphatic rings. The van der Waals surface area contributed by atoms with Crippen molar-refractivity contribution < 1.29 is 4.79 Å². The number of carbonyl (C=O) groups excluding carboxylic acids is 1. The van der Waals surface area contributed by atoms with Crippen LogP contribution in [0.3, 0.4) is 0 Å². The molecule has 0 aliphatic heterocycles. The second-order valence-corrected chi connectivity index (χ2v) is 4.20. The standard InChI is InChI=1S/C11H18N2O/c1-7(2)11-12-10(9(5)14)6-13(11)8(3)4/h6-8H,1-5H3. The number of hydrogen-bond acceptors (Lipinski definition) is 2. The van der Waals surface area contributed by atoms with Crippen molar-refractivity contribution in [3.63, 3.8) is 0 Å². The first-order valence-electron chi connectivity index (χ1n) is 5.03. The molecule has 14 heavy (non-hydrogen) atoms. The van der Waals surface area contributed by atoms with E-state index in [2.05, 4.69) is 37.2 Å². The maximum absolute atomic E-state index is 11.2. The van der Waals surface area contributed by atoms with Gasteiger partial charge in [-0.1, -0.05) is 13.8 Å². The zero-order valence-corrected chi connectivity index (χ0v) is 9.53. The van der Waals surface area contributed by atoms with Crippen molar-refractivity contribution in [2.24, 2.45) is 0 Å². The molecule has 0 bridgehead atoms. The fourth-order valence-corrected chi connectivity index (χ4v) is 1.42. The highest BCUT2D eigenvalue weighted by atomic mass is 16.1. The minimum absolute atomic E-state index is 0.0336. The molecule has 0 radical (unpaired) electrons. The Bertz CT molecular complexity index is 312. The Hall–Kier alpha value is -1.12. The van der Waals surface area contributed by atoms with Crippen LogP contribution in [0, 0.1) is 0 Å². The van der Waals surface area contributed by atoms with Crippen LogP contribution in [-0.2, 0) is 0 Å². The Morgan fingerprint density at radius 1 is 1.36 bits per heavy atom. The maximum Gasteiger partial charge on any atom is 0.179 e. The number of hydrogen-bond donors (Lipinski definition) is 0. The van der Waals surface area contributed by atoms with Crippen molar-refractivity contribution in [3.8, 4) is 0 Å². The molecule has 0 N–H and O–H groups in total. The number of aromatic nitrogens is 2. The minimum Gasteiger partial charge on any atom is -0.331 e. The van der Waals surface area contributed by atoms with Crippen LogP contribution in [-0.4, -0.2) is 15.3 Å². The van der Waals surface area contributed by atoms with Gasteiger partial charge in [-0.25, -0.2) is 4.98 Å². The Morgan fingerprint density at radius 2 is 1.93 bits per heavy atom. The number of carbonyl (C=O) groups is 1. The summed E-state index contributed by atoms with van der Waals surface area (Å²) in [5.74, 6) is 1.38. The van der Waals surface area contributed by atoms with E-state index in [1.54, 1.807) is 6.92 Å². The van der Waals surface area contributed by atoms with Crippen LogP contribution in [0.4, 0.5) is 0 Å². The number of nitrogens with zero attached hydrogens (tertiary/aromatic N) is 2. The first kappa shape index (κ1) is 11.0. The normalized spacial score (nSPS) is 11.4. The third kappa shape index (κ3) is 2.03. The molecule has 1 aromatic rings. The molecule has 0 aromatic carbocycles. The van der Waals surface area contributed by atoms with E-state index in [1.807, 2.05) is 6.20 Å². The summed E-state index contributed by atoms with van der Waals surface area (Å²) in [6, 6.07) is 0.355. The number of Topliss-reactive ketones (excluding diaryl/α,β-unsaturated/α-hetero) is 1. The fourth-order valence-electron chi connectivity index (χ4n) is 1.42. The van der Waals surface area contributed by atoms with E-state index in [0.29, 0.717) is 17.7 Å². The molecular formula is C11H18N2O. The molecule has 1 heterocycles. The molecule has 0 atom stereocenters. The topological polar surface area (TPSA) is 34.9 Å². The third-order valence-electron chi connectivity index (χ3n) is 2.19. The van der Waals surface area contributed by atoms with Crippen molar-refractivity contribution in [2.45, 2.75) is 46.6 Å². The lowest BCUT2D eigenvalue weighted by Gasteiger charge is -2.12. The lowest BCUT2D eigenvalue weighted by atomic mass is 10.2. The quantitative estimate of drug-likeness (QED) is 0.693. The van der Waals surface area contributed by atoms with Crippen LogP contribution in [0.25, 0.3) is 0 Å². The van der Waals surface area contributed by atoms with Gasteiger partial charge in [-0.05, 0) is 13.8 Å². The van der Waals surface area contributed by atoms with Crippen molar-refractivity contribution in [1.82, 2.24) is 9.55 Å². The summed E-state index contributed by atoms with van der Waals surface area (Å²) in [7, 11) is 0. The molecular weight excluding hydrogens is 176 g/mol. The summed E-state index contributed by atoms with van der Waals surface area (Å²) in [5.41, 5.74) is 0.572. The third-order valence-corrected chi connectivity index (χ3v) is 2.19. The highest BCUT2D eigenvalue weighted by molar-refractivity contribution is 5.91.